The SMILES string of the molecule is CCC(=O)N1CCCN(C(=O)c2c(N)cccc2Cl)CC1. The Bertz CT molecular complexity index is 527. The van der Waals surface area contributed by atoms with Crippen LogP contribution in [-0.4, -0.2) is 47.8 Å². The van der Waals surface area contributed by atoms with Crippen LogP contribution in [0.2, 0.25) is 5.02 Å². The number of hydrogen-bond acceptors (Lipinski definition) is 3. The van der Waals surface area contributed by atoms with Crippen molar-refractivity contribution >= 4 is 29.1 Å². The standard InChI is InChI=1S/C15H20ClN3O2/c1-2-13(20)18-7-4-8-19(10-9-18)15(21)14-11(16)5-3-6-12(14)17/h3,5-6H,2,4,7-10,17H2,1H3. The topological polar surface area (TPSA) is 66.6 Å². The van der Waals surface area contributed by atoms with Gasteiger partial charge in [-0.1, -0.05) is 24.6 Å². The molecular formula is C15H20ClN3O2. The fourth-order valence-electron chi connectivity index (χ4n) is 2.52. The minimum Gasteiger partial charge on any atom is -0.398 e. The van der Waals surface area contributed by atoms with E-state index >= 15 is 0 Å². The summed E-state index contributed by atoms with van der Waals surface area (Å²) >= 11 is 6.09. The highest BCUT2D eigenvalue weighted by Gasteiger charge is 2.24. The van der Waals surface area contributed by atoms with E-state index in [1.54, 1.807) is 23.1 Å². The third-order valence-electron chi connectivity index (χ3n) is 3.70. The molecule has 0 atom stereocenters. The number of amides is 2. The van der Waals surface area contributed by atoms with Crippen LogP contribution < -0.4 is 5.73 Å². The van der Waals surface area contributed by atoms with Crippen LogP contribution in [0.25, 0.3) is 0 Å². The van der Waals surface area contributed by atoms with E-state index in [9.17, 15) is 9.59 Å². The zero-order chi connectivity index (χ0) is 15.4. The van der Waals surface area contributed by atoms with Crippen molar-refractivity contribution in [3.63, 3.8) is 0 Å². The molecule has 1 aromatic rings. The van der Waals surface area contributed by atoms with Gasteiger partial charge in [0.15, 0.2) is 0 Å². The normalized spacial score (nSPS) is 15.7. The second kappa shape index (κ2) is 6.80. The van der Waals surface area contributed by atoms with Crippen LogP contribution >= 0.6 is 11.6 Å². The van der Waals surface area contributed by atoms with Crippen LogP contribution in [0.15, 0.2) is 18.2 Å². The first-order valence-electron chi connectivity index (χ1n) is 7.15. The number of nitrogens with two attached hydrogens (primary N) is 1. The summed E-state index contributed by atoms with van der Waals surface area (Å²) in [5, 5.41) is 0.366. The lowest BCUT2D eigenvalue weighted by molar-refractivity contribution is -0.130. The van der Waals surface area contributed by atoms with Crippen LogP contribution in [-0.2, 0) is 4.79 Å². The van der Waals surface area contributed by atoms with Gasteiger partial charge in [0.1, 0.15) is 0 Å². The van der Waals surface area contributed by atoms with Gasteiger partial charge in [-0.2, -0.15) is 0 Å². The first-order valence-corrected chi connectivity index (χ1v) is 7.53. The molecule has 0 aliphatic carbocycles. The average molecular weight is 310 g/mol. The Labute approximate surface area is 129 Å². The fraction of sp³-hybridized carbons (Fsp3) is 0.467. The fourth-order valence-corrected chi connectivity index (χ4v) is 2.78. The van der Waals surface area contributed by atoms with E-state index < -0.39 is 0 Å². The van der Waals surface area contributed by atoms with Crippen molar-refractivity contribution in [1.29, 1.82) is 0 Å². The Kier molecular flexibility index (Phi) is 5.07. The van der Waals surface area contributed by atoms with Crippen molar-refractivity contribution in [2.75, 3.05) is 31.9 Å². The second-order valence-corrected chi connectivity index (χ2v) is 5.49. The molecule has 1 fully saturated rings. The molecule has 1 heterocycles. The van der Waals surface area contributed by atoms with Gasteiger partial charge in [-0.15, -0.1) is 0 Å². The predicted molar refractivity (Wildman–Crippen MR) is 83.3 cm³/mol. The van der Waals surface area contributed by atoms with Crippen molar-refractivity contribution in [1.82, 2.24) is 9.80 Å². The summed E-state index contributed by atoms with van der Waals surface area (Å²) in [5.74, 6) is -0.0366. The highest BCUT2D eigenvalue weighted by molar-refractivity contribution is 6.34. The van der Waals surface area contributed by atoms with Gasteiger partial charge in [-0.3, -0.25) is 9.59 Å². The molecule has 0 spiro atoms. The van der Waals surface area contributed by atoms with Crippen molar-refractivity contribution in [3.8, 4) is 0 Å². The van der Waals surface area contributed by atoms with Crippen LogP contribution in [0.1, 0.15) is 30.1 Å². The zero-order valence-electron chi connectivity index (χ0n) is 12.1. The molecule has 2 amide bonds. The van der Waals surface area contributed by atoms with Crippen LogP contribution in [0, 0.1) is 0 Å². The third kappa shape index (κ3) is 3.47. The molecule has 2 rings (SSSR count). The molecule has 0 bridgehead atoms. The van der Waals surface area contributed by atoms with Crippen molar-refractivity contribution in [3.05, 3.63) is 28.8 Å². The minimum atomic E-state index is -0.163. The van der Waals surface area contributed by atoms with Gasteiger partial charge < -0.3 is 15.5 Å². The summed E-state index contributed by atoms with van der Waals surface area (Å²) in [6.45, 7) is 4.21. The summed E-state index contributed by atoms with van der Waals surface area (Å²) in [4.78, 5) is 27.9. The monoisotopic (exact) mass is 309 g/mol. The van der Waals surface area contributed by atoms with Gasteiger partial charge in [0.2, 0.25) is 5.91 Å². The number of halogens is 1. The number of hydrogen-bond donors (Lipinski definition) is 1. The smallest absolute Gasteiger partial charge is 0.257 e. The van der Waals surface area contributed by atoms with E-state index in [-0.39, 0.29) is 11.8 Å². The molecule has 1 saturated heterocycles. The summed E-state index contributed by atoms with van der Waals surface area (Å²) in [6, 6.07) is 5.05. The molecule has 6 heteroatoms. The van der Waals surface area contributed by atoms with Crippen molar-refractivity contribution in [2.24, 2.45) is 0 Å². The van der Waals surface area contributed by atoms with Crippen LogP contribution in [0.3, 0.4) is 0 Å². The van der Waals surface area contributed by atoms with E-state index in [0.717, 1.165) is 6.42 Å². The Hall–Kier alpha value is -1.75. The minimum absolute atomic E-state index is 0.126. The van der Waals surface area contributed by atoms with E-state index in [4.69, 9.17) is 17.3 Å². The number of anilines is 1. The number of nitrogen functional groups attached to an aromatic ring is 1. The summed E-state index contributed by atoms with van der Waals surface area (Å²) < 4.78 is 0. The predicted octanol–water partition coefficient (Wildman–Crippen LogP) is 2.01. The maximum absolute atomic E-state index is 12.6. The van der Waals surface area contributed by atoms with Crippen LogP contribution in [0.4, 0.5) is 5.69 Å². The van der Waals surface area contributed by atoms with Gasteiger partial charge in [0, 0.05) is 38.3 Å². The quantitative estimate of drug-likeness (QED) is 0.850. The van der Waals surface area contributed by atoms with Gasteiger partial charge in [0.05, 0.1) is 10.6 Å². The number of rotatable bonds is 2. The van der Waals surface area contributed by atoms with E-state index in [1.807, 2.05) is 11.8 Å². The Balaban J connectivity index is 2.12. The zero-order valence-corrected chi connectivity index (χ0v) is 12.9. The number of carbonyl (C=O) groups excluding carboxylic acids is 2. The molecule has 1 aliphatic heterocycles. The van der Waals surface area contributed by atoms with Gasteiger partial charge in [-0.25, -0.2) is 0 Å². The molecule has 5 nitrogen and oxygen atoms in total. The summed E-state index contributed by atoms with van der Waals surface area (Å²) in [6.07, 6.45) is 1.26. The molecule has 114 valence electrons. The summed E-state index contributed by atoms with van der Waals surface area (Å²) in [7, 11) is 0. The van der Waals surface area contributed by atoms with Gasteiger partial charge in [-0.05, 0) is 18.6 Å². The molecule has 0 aromatic heterocycles. The number of nitrogens with zero attached hydrogens (tertiary/aromatic N) is 2. The third-order valence-corrected chi connectivity index (χ3v) is 4.01. The first kappa shape index (κ1) is 15.6. The first-order chi connectivity index (χ1) is 10.0. The Morgan fingerprint density at radius 1 is 1.19 bits per heavy atom. The van der Waals surface area contributed by atoms with Crippen molar-refractivity contribution in [2.45, 2.75) is 19.8 Å². The second-order valence-electron chi connectivity index (χ2n) is 5.08. The van der Waals surface area contributed by atoms with E-state index in [1.165, 1.54) is 0 Å². The van der Waals surface area contributed by atoms with Crippen molar-refractivity contribution < 1.29 is 9.59 Å². The largest absolute Gasteiger partial charge is 0.398 e. The molecular weight excluding hydrogens is 290 g/mol. The molecule has 1 aromatic carbocycles. The lowest BCUT2D eigenvalue weighted by atomic mass is 10.1. The highest BCUT2D eigenvalue weighted by Crippen LogP contribution is 2.24. The maximum atomic E-state index is 12.6. The van der Waals surface area contributed by atoms with Crippen LogP contribution in [0.5, 0.6) is 0 Å². The molecule has 21 heavy (non-hydrogen) atoms. The summed E-state index contributed by atoms with van der Waals surface area (Å²) in [5.41, 5.74) is 6.61. The lowest BCUT2D eigenvalue weighted by Crippen LogP contribution is -2.37. The lowest BCUT2D eigenvalue weighted by Gasteiger charge is -2.23. The Morgan fingerprint density at radius 3 is 2.52 bits per heavy atom. The molecule has 2 N–H and O–H groups in total. The Morgan fingerprint density at radius 2 is 1.86 bits per heavy atom. The number of benzene rings is 1. The van der Waals surface area contributed by atoms with E-state index in [2.05, 4.69) is 0 Å². The van der Waals surface area contributed by atoms with E-state index in [0.29, 0.717) is 48.9 Å². The maximum Gasteiger partial charge on any atom is 0.257 e. The molecule has 0 radical (unpaired) electrons. The van der Waals surface area contributed by atoms with Gasteiger partial charge >= 0.3 is 0 Å². The average Bonchev–Trinajstić information content (AvgIpc) is 2.72. The molecule has 0 saturated carbocycles. The number of carbonyl (C=O) groups is 2. The molecule has 0 unspecified atom stereocenters. The highest BCUT2D eigenvalue weighted by atomic mass is 35.5. The molecule has 1 aliphatic rings. The van der Waals surface area contributed by atoms with Gasteiger partial charge in [0.25, 0.3) is 5.91 Å².